The summed E-state index contributed by atoms with van der Waals surface area (Å²) in [5.41, 5.74) is 7.76. The first-order chi connectivity index (χ1) is 7.19. The minimum Gasteiger partial charge on any atom is -0.491 e. The zero-order valence-electron chi connectivity index (χ0n) is 9.05. The fourth-order valence-corrected chi connectivity index (χ4v) is 2.00. The fraction of sp³-hybridized carbons (Fsp3) is 0.455. The molecule has 0 aliphatic rings. The third-order valence-corrected chi connectivity index (χ3v) is 2.53. The number of hydrogen-bond donors (Lipinski definition) is 1. The van der Waals surface area contributed by atoms with Gasteiger partial charge in [-0.25, -0.2) is 0 Å². The highest BCUT2D eigenvalue weighted by atomic mass is 79.9. The number of ether oxygens (including phenoxy) is 2. The van der Waals surface area contributed by atoms with Crippen molar-refractivity contribution in [2.45, 2.75) is 13.5 Å². The molecule has 15 heavy (non-hydrogen) atoms. The van der Waals surface area contributed by atoms with Gasteiger partial charge in [0.1, 0.15) is 12.4 Å². The van der Waals surface area contributed by atoms with Crippen molar-refractivity contribution in [1.82, 2.24) is 0 Å². The molecular weight excluding hydrogens is 258 g/mol. The highest BCUT2D eigenvalue weighted by molar-refractivity contribution is 9.10. The summed E-state index contributed by atoms with van der Waals surface area (Å²) in [7, 11) is 1.65. The summed E-state index contributed by atoms with van der Waals surface area (Å²) in [6.45, 7) is 3.61. The van der Waals surface area contributed by atoms with Crippen LogP contribution in [0.2, 0.25) is 0 Å². The second kappa shape index (κ2) is 6.10. The minimum absolute atomic E-state index is 0.475. The highest BCUT2D eigenvalue weighted by Gasteiger charge is 2.07. The lowest BCUT2D eigenvalue weighted by Crippen LogP contribution is -2.09. The number of halogens is 1. The molecule has 0 fully saturated rings. The number of methoxy groups -OCH3 is 1. The van der Waals surface area contributed by atoms with Crippen LogP contribution in [0.3, 0.4) is 0 Å². The van der Waals surface area contributed by atoms with Crippen molar-refractivity contribution in [2.75, 3.05) is 20.3 Å². The Kier molecular flexibility index (Phi) is 5.08. The Hall–Kier alpha value is -0.580. The molecule has 2 N–H and O–H groups in total. The molecular formula is C11H16BrNO2. The van der Waals surface area contributed by atoms with Crippen LogP contribution >= 0.6 is 15.9 Å². The van der Waals surface area contributed by atoms with Crippen molar-refractivity contribution < 1.29 is 9.47 Å². The van der Waals surface area contributed by atoms with Crippen molar-refractivity contribution in [2.24, 2.45) is 5.73 Å². The van der Waals surface area contributed by atoms with E-state index in [4.69, 9.17) is 15.2 Å². The van der Waals surface area contributed by atoms with Crippen LogP contribution in [0.25, 0.3) is 0 Å². The van der Waals surface area contributed by atoms with Gasteiger partial charge in [-0.15, -0.1) is 0 Å². The summed E-state index contributed by atoms with van der Waals surface area (Å²) >= 11 is 3.43. The zero-order valence-corrected chi connectivity index (χ0v) is 10.6. The van der Waals surface area contributed by atoms with Gasteiger partial charge in [0, 0.05) is 23.7 Å². The number of benzene rings is 1. The van der Waals surface area contributed by atoms with Crippen LogP contribution in [0.4, 0.5) is 0 Å². The molecule has 1 rings (SSSR count). The number of rotatable bonds is 5. The van der Waals surface area contributed by atoms with E-state index in [1.54, 1.807) is 7.11 Å². The highest BCUT2D eigenvalue weighted by Crippen LogP contribution is 2.27. The molecule has 0 spiro atoms. The molecule has 1 aromatic rings. The van der Waals surface area contributed by atoms with Crippen LogP contribution in [0.1, 0.15) is 11.1 Å². The molecule has 1 aromatic carbocycles. The summed E-state index contributed by atoms with van der Waals surface area (Å²) in [5, 5.41) is 0. The topological polar surface area (TPSA) is 44.5 Å². The molecule has 0 aliphatic carbocycles. The summed E-state index contributed by atoms with van der Waals surface area (Å²) in [4.78, 5) is 0. The van der Waals surface area contributed by atoms with Gasteiger partial charge >= 0.3 is 0 Å². The smallest absolute Gasteiger partial charge is 0.126 e. The van der Waals surface area contributed by atoms with Gasteiger partial charge in [-0.05, 0) is 24.6 Å². The standard InChI is InChI=1S/C11H16BrNO2/c1-8-5-10(12)6-9(7-13)11(8)15-4-3-14-2/h5-6H,3-4,7,13H2,1-2H3. The van der Waals surface area contributed by atoms with Crippen molar-refractivity contribution in [3.63, 3.8) is 0 Å². The van der Waals surface area contributed by atoms with E-state index in [-0.39, 0.29) is 0 Å². The van der Waals surface area contributed by atoms with E-state index >= 15 is 0 Å². The Morgan fingerprint density at radius 2 is 2.07 bits per heavy atom. The van der Waals surface area contributed by atoms with E-state index in [1.807, 2.05) is 19.1 Å². The van der Waals surface area contributed by atoms with Gasteiger partial charge < -0.3 is 15.2 Å². The van der Waals surface area contributed by atoms with Gasteiger partial charge in [-0.1, -0.05) is 15.9 Å². The molecule has 0 aliphatic heterocycles. The number of hydrogen-bond acceptors (Lipinski definition) is 3. The SMILES string of the molecule is COCCOc1c(C)cc(Br)cc1CN. The predicted molar refractivity (Wildman–Crippen MR) is 64.1 cm³/mol. The van der Waals surface area contributed by atoms with E-state index in [1.165, 1.54) is 0 Å². The molecule has 0 heterocycles. The summed E-state index contributed by atoms with van der Waals surface area (Å²) in [6, 6.07) is 4.00. The molecule has 0 amide bonds. The quantitative estimate of drug-likeness (QED) is 0.837. The molecule has 0 aromatic heterocycles. The maximum Gasteiger partial charge on any atom is 0.126 e. The Bertz CT molecular complexity index is 329. The van der Waals surface area contributed by atoms with E-state index in [0.29, 0.717) is 19.8 Å². The number of nitrogens with two attached hydrogens (primary N) is 1. The summed E-state index contributed by atoms with van der Waals surface area (Å²) < 4.78 is 11.6. The minimum atomic E-state index is 0.475. The Labute approximate surface area is 98.7 Å². The van der Waals surface area contributed by atoms with Crippen molar-refractivity contribution in [1.29, 1.82) is 0 Å². The first-order valence-corrected chi connectivity index (χ1v) is 5.59. The monoisotopic (exact) mass is 273 g/mol. The molecule has 0 saturated carbocycles. The second-order valence-corrected chi connectivity index (χ2v) is 4.17. The third kappa shape index (κ3) is 3.48. The average Bonchev–Trinajstić information content (AvgIpc) is 2.20. The number of aryl methyl sites for hydroxylation is 1. The molecule has 0 radical (unpaired) electrons. The van der Waals surface area contributed by atoms with Gasteiger partial charge in [0.25, 0.3) is 0 Å². The van der Waals surface area contributed by atoms with Crippen LogP contribution in [-0.4, -0.2) is 20.3 Å². The maximum absolute atomic E-state index is 5.66. The van der Waals surface area contributed by atoms with Crippen molar-refractivity contribution >= 4 is 15.9 Å². The van der Waals surface area contributed by atoms with Gasteiger partial charge in [-0.3, -0.25) is 0 Å². The second-order valence-electron chi connectivity index (χ2n) is 3.26. The third-order valence-electron chi connectivity index (χ3n) is 2.07. The van der Waals surface area contributed by atoms with Gasteiger partial charge in [0.05, 0.1) is 6.61 Å². The summed E-state index contributed by atoms with van der Waals surface area (Å²) in [5.74, 6) is 0.873. The lowest BCUT2D eigenvalue weighted by Gasteiger charge is -2.13. The average molecular weight is 274 g/mol. The van der Waals surface area contributed by atoms with Crippen LogP contribution in [0.15, 0.2) is 16.6 Å². The van der Waals surface area contributed by atoms with E-state index < -0.39 is 0 Å². The Morgan fingerprint density at radius 1 is 1.33 bits per heavy atom. The molecule has 3 nitrogen and oxygen atoms in total. The van der Waals surface area contributed by atoms with Gasteiger partial charge in [0.2, 0.25) is 0 Å². The first kappa shape index (κ1) is 12.5. The van der Waals surface area contributed by atoms with Crippen molar-refractivity contribution in [3.8, 4) is 5.75 Å². The van der Waals surface area contributed by atoms with Crippen LogP contribution < -0.4 is 10.5 Å². The molecule has 84 valence electrons. The van der Waals surface area contributed by atoms with Crippen molar-refractivity contribution in [3.05, 3.63) is 27.7 Å². The van der Waals surface area contributed by atoms with E-state index in [0.717, 1.165) is 21.3 Å². The fourth-order valence-electron chi connectivity index (χ4n) is 1.38. The Balaban J connectivity index is 2.84. The van der Waals surface area contributed by atoms with Crippen LogP contribution in [-0.2, 0) is 11.3 Å². The summed E-state index contributed by atoms with van der Waals surface area (Å²) in [6.07, 6.45) is 0. The van der Waals surface area contributed by atoms with Gasteiger partial charge in [-0.2, -0.15) is 0 Å². The van der Waals surface area contributed by atoms with E-state index in [9.17, 15) is 0 Å². The maximum atomic E-state index is 5.66. The largest absolute Gasteiger partial charge is 0.491 e. The lowest BCUT2D eigenvalue weighted by atomic mass is 10.1. The first-order valence-electron chi connectivity index (χ1n) is 4.80. The normalized spacial score (nSPS) is 10.4. The lowest BCUT2D eigenvalue weighted by molar-refractivity contribution is 0.145. The Morgan fingerprint density at radius 3 is 2.67 bits per heavy atom. The molecule has 4 heteroatoms. The predicted octanol–water partition coefficient (Wildman–Crippen LogP) is 2.24. The molecule has 0 atom stereocenters. The van der Waals surface area contributed by atoms with Crippen LogP contribution in [0, 0.1) is 6.92 Å². The van der Waals surface area contributed by atoms with E-state index in [2.05, 4.69) is 15.9 Å². The molecule has 0 unspecified atom stereocenters. The molecule has 0 bridgehead atoms. The van der Waals surface area contributed by atoms with Crippen LogP contribution in [0.5, 0.6) is 5.75 Å². The van der Waals surface area contributed by atoms with Gasteiger partial charge in [0.15, 0.2) is 0 Å². The molecule has 0 saturated heterocycles. The zero-order chi connectivity index (χ0) is 11.3.